The molecule has 1 aromatic rings. The highest BCUT2D eigenvalue weighted by atomic mass is 16.1. The number of nitrogens with one attached hydrogen (secondary N) is 1. The predicted molar refractivity (Wildman–Crippen MR) is 84.7 cm³/mol. The normalized spacial score (nSPS) is 26.1. The van der Waals surface area contributed by atoms with Crippen molar-refractivity contribution in [2.75, 3.05) is 13.1 Å². The molecular formula is C17H26N4O. The van der Waals surface area contributed by atoms with Gasteiger partial charge in [-0.2, -0.15) is 0 Å². The molecule has 3 aliphatic rings. The SMILES string of the molecule is C[C@@H]1c2nc(C(=O)NCC3CC3)cn2CCN1C1CCCC1. The van der Waals surface area contributed by atoms with Crippen molar-refractivity contribution in [2.45, 2.75) is 64.1 Å². The van der Waals surface area contributed by atoms with Gasteiger partial charge in [0, 0.05) is 31.9 Å². The predicted octanol–water partition coefficient (Wildman–Crippen LogP) is 2.34. The summed E-state index contributed by atoms with van der Waals surface area (Å²) in [5.74, 6) is 1.76. The van der Waals surface area contributed by atoms with Crippen molar-refractivity contribution < 1.29 is 4.79 Å². The van der Waals surface area contributed by atoms with Gasteiger partial charge in [-0.3, -0.25) is 9.69 Å². The van der Waals surface area contributed by atoms with Crippen LogP contribution < -0.4 is 5.32 Å². The van der Waals surface area contributed by atoms with E-state index in [-0.39, 0.29) is 5.91 Å². The number of fused-ring (bicyclic) bond motifs is 1. The Kier molecular flexibility index (Phi) is 3.68. The summed E-state index contributed by atoms with van der Waals surface area (Å²) in [6.45, 7) is 5.09. The zero-order chi connectivity index (χ0) is 15.1. The fourth-order valence-corrected chi connectivity index (χ4v) is 4.00. The number of nitrogens with zero attached hydrogens (tertiary/aromatic N) is 3. The molecule has 2 saturated carbocycles. The van der Waals surface area contributed by atoms with E-state index in [1.807, 2.05) is 6.20 Å². The maximum atomic E-state index is 12.2. The third-order valence-corrected chi connectivity index (χ3v) is 5.55. The lowest BCUT2D eigenvalue weighted by molar-refractivity contribution is 0.0946. The Labute approximate surface area is 132 Å². The van der Waals surface area contributed by atoms with Crippen molar-refractivity contribution in [3.63, 3.8) is 0 Å². The molecule has 0 radical (unpaired) electrons. The first-order valence-electron chi connectivity index (χ1n) is 8.83. The molecule has 1 amide bonds. The molecule has 0 saturated heterocycles. The lowest BCUT2D eigenvalue weighted by atomic mass is 10.1. The molecule has 1 atom stereocenters. The van der Waals surface area contributed by atoms with Crippen molar-refractivity contribution in [1.29, 1.82) is 0 Å². The highest BCUT2D eigenvalue weighted by Crippen LogP contribution is 2.33. The number of imidazole rings is 1. The molecule has 0 aromatic carbocycles. The van der Waals surface area contributed by atoms with Gasteiger partial charge in [0.25, 0.3) is 5.91 Å². The smallest absolute Gasteiger partial charge is 0.271 e. The number of aromatic nitrogens is 2. The van der Waals surface area contributed by atoms with E-state index in [1.54, 1.807) is 0 Å². The lowest BCUT2D eigenvalue weighted by Crippen LogP contribution is -2.42. The van der Waals surface area contributed by atoms with E-state index >= 15 is 0 Å². The Balaban J connectivity index is 1.47. The van der Waals surface area contributed by atoms with E-state index in [0.717, 1.165) is 25.5 Å². The molecule has 22 heavy (non-hydrogen) atoms. The van der Waals surface area contributed by atoms with E-state index in [2.05, 4.69) is 26.7 Å². The third-order valence-electron chi connectivity index (χ3n) is 5.55. The lowest BCUT2D eigenvalue weighted by Gasteiger charge is -2.38. The molecule has 0 spiro atoms. The molecule has 5 nitrogen and oxygen atoms in total. The second kappa shape index (κ2) is 5.69. The van der Waals surface area contributed by atoms with Crippen LogP contribution in [0.4, 0.5) is 0 Å². The van der Waals surface area contributed by atoms with Gasteiger partial charge < -0.3 is 9.88 Å². The monoisotopic (exact) mass is 302 g/mol. The van der Waals surface area contributed by atoms with E-state index in [4.69, 9.17) is 0 Å². The van der Waals surface area contributed by atoms with Crippen molar-refractivity contribution >= 4 is 5.91 Å². The number of hydrogen-bond acceptors (Lipinski definition) is 3. The molecule has 0 bridgehead atoms. The first-order chi connectivity index (χ1) is 10.7. The van der Waals surface area contributed by atoms with Crippen LogP contribution in [0.3, 0.4) is 0 Å². The Morgan fingerprint density at radius 3 is 2.77 bits per heavy atom. The maximum Gasteiger partial charge on any atom is 0.271 e. The number of rotatable bonds is 4. The average molecular weight is 302 g/mol. The molecule has 1 N–H and O–H groups in total. The Bertz CT molecular complexity index is 557. The Morgan fingerprint density at radius 2 is 2.05 bits per heavy atom. The summed E-state index contributed by atoms with van der Waals surface area (Å²) in [5, 5.41) is 3.02. The second-order valence-electron chi connectivity index (χ2n) is 7.18. The second-order valence-corrected chi connectivity index (χ2v) is 7.18. The van der Waals surface area contributed by atoms with Gasteiger partial charge in [0.15, 0.2) is 0 Å². The van der Waals surface area contributed by atoms with Gasteiger partial charge >= 0.3 is 0 Å². The summed E-state index contributed by atoms with van der Waals surface area (Å²) in [5.41, 5.74) is 0.593. The van der Waals surface area contributed by atoms with Gasteiger partial charge in [-0.05, 0) is 38.5 Å². The Hall–Kier alpha value is -1.36. The average Bonchev–Trinajstić information content (AvgIpc) is 3.02. The number of hydrogen-bond donors (Lipinski definition) is 1. The summed E-state index contributed by atoms with van der Waals surface area (Å²) in [6, 6.07) is 1.04. The van der Waals surface area contributed by atoms with Crippen molar-refractivity contribution in [2.24, 2.45) is 5.92 Å². The molecule has 5 heteroatoms. The van der Waals surface area contributed by atoms with E-state index in [9.17, 15) is 4.79 Å². The Morgan fingerprint density at radius 1 is 1.27 bits per heavy atom. The molecule has 0 unspecified atom stereocenters. The van der Waals surface area contributed by atoms with Crippen molar-refractivity contribution in [1.82, 2.24) is 19.8 Å². The zero-order valence-corrected chi connectivity index (χ0v) is 13.4. The van der Waals surface area contributed by atoms with Crippen LogP contribution in [0.25, 0.3) is 0 Å². The van der Waals surface area contributed by atoms with Gasteiger partial charge in [0.2, 0.25) is 0 Å². The van der Waals surface area contributed by atoms with Gasteiger partial charge in [-0.25, -0.2) is 4.98 Å². The van der Waals surface area contributed by atoms with Gasteiger partial charge in [0.05, 0.1) is 6.04 Å². The molecular weight excluding hydrogens is 276 g/mol. The minimum atomic E-state index is -0.00610. The van der Waals surface area contributed by atoms with Crippen LogP contribution in [0.15, 0.2) is 6.20 Å². The standard InChI is InChI=1S/C17H26N4O/c1-12-16-19-15(17(22)18-10-13-6-7-13)11-20(16)8-9-21(12)14-4-2-3-5-14/h11-14H,2-10H2,1H3,(H,18,22)/t12-/m1/s1. The summed E-state index contributed by atoms with van der Waals surface area (Å²) in [7, 11) is 0. The van der Waals surface area contributed by atoms with Crippen LogP contribution in [-0.2, 0) is 6.54 Å². The van der Waals surface area contributed by atoms with Crippen LogP contribution >= 0.6 is 0 Å². The zero-order valence-electron chi connectivity index (χ0n) is 13.4. The third kappa shape index (κ3) is 2.67. The van der Waals surface area contributed by atoms with Crippen LogP contribution in [0.1, 0.15) is 67.8 Å². The number of amides is 1. The van der Waals surface area contributed by atoms with Gasteiger partial charge in [-0.15, -0.1) is 0 Å². The fourth-order valence-electron chi connectivity index (χ4n) is 4.00. The molecule has 1 aliphatic heterocycles. The highest BCUT2D eigenvalue weighted by Gasteiger charge is 2.33. The summed E-state index contributed by atoms with van der Waals surface area (Å²) < 4.78 is 2.18. The number of carbonyl (C=O) groups is 1. The summed E-state index contributed by atoms with van der Waals surface area (Å²) >= 11 is 0. The summed E-state index contributed by atoms with van der Waals surface area (Å²) in [4.78, 5) is 19.5. The number of carbonyl (C=O) groups excluding carboxylic acids is 1. The maximum absolute atomic E-state index is 12.2. The first-order valence-corrected chi connectivity index (χ1v) is 8.83. The minimum Gasteiger partial charge on any atom is -0.350 e. The van der Waals surface area contributed by atoms with E-state index in [1.165, 1.54) is 38.5 Å². The summed E-state index contributed by atoms with van der Waals surface area (Å²) in [6.07, 6.45) is 9.81. The van der Waals surface area contributed by atoms with Crippen LogP contribution in [0.5, 0.6) is 0 Å². The van der Waals surface area contributed by atoms with E-state index < -0.39 is 0 Å². The van der Waals surface area contributed by atoms with E-state index in [0.29, 0.717) is 23.7 Å². The fraction of sp³-hybridized carbons (Fsp3) is 0.765. The molecule has 2 fully saturated rings. The molecule has 4 rings (SSSR count). The topological polar surface area (TPSA) is 50.2 Å². The van der Waals surface area contributed by atoms with Crippen LogP contribution in [0, 0.1) is 5.92 Å². The largest absolute Gasteiger partial charge is 0.350 e. The van der Waals surface area contributed by atoms with Gasteiger partial charge in [-0.1, -0.05) is 12.8 Å². The molecule has 2 heterocycles. The molecule has 120 valence electrons. The van der Waals surface area contributed by atoms with Gasteiger partial charge in [0.1, 0.15) is 11.5 Å². The van der Waals surface area contributed by atoms with Crippen LogP contribution in [-0.4, -0.2) is 39.5 Å². The van der Waals surface area contributed by atoms with Crippen molar-refractivity contribution in [3.8, 4) is 0 Å². The first kappa shape index (κ1) is 14.2. The quantitative estimate of drug-likeness (QED) is 0.929. The van der Waals surface area contributed by atoms with Crippen LogP contribution in [0.2, 0.25) is 0 Å². The highest BCUT2D eigenvalue weighted by molar-refractivity contribution is 5.92. The molecule has 2 aliphatic carbocycles. The van der Waals surface area contributed by atoms with Crippen molar-refractivity contribution in [3.05, 3.63) is 17.7 Å². The molecule has 1 aromatic heterocycles. The minimum absolute atomic E-state index is 0.00610.